The van der Waals surface area contributed by atoms with Gasteiger partial charge in [0.2, 0.25) is 5.91 Å². The summed E-state index contributed by atoms with van der Waals surface area (Å²) in [5.41, 5.74) is 4.21. The van der Waals surface area contributed by atoms with E-state index in [0.29, 0.717) is 32.7 Å². The van der Waals surface area contributed by atoms with E-state index in [2.05, 4.69) is 17.1 Å². The van der Waals surface area contributed by atoms with E-state index in [4.69, 9.17) is 4.74 Å². The van der Waals surface area contributed by atoms with Crippen molar-refractivity contribution < 1.29 is 14.3 Å². The number of carbonyl (C=O) groups excluding carboxylic acids is 2. The Labute approximate surface area is 178 Å². The number of nitrogens with zero attached hydrogens (tertiary/aromatic N) is 2. The van der Waals surface area contributed by atoms with Crippen molar-refractivity contribution in [3.05, 3.63) is 59.2 Å². The van der Waals surface area contributed by atoms with Crippen molar-refractivity contribution in [2.24, 2.45) is 0 Å². The lowest BCUT2D eigenvalue weighted by Gasteiger charge is -2.34. The third kappa shape index (κ3) is 5.60. The minimum absolute atomic E-state index is 0.0168. The molecule has 6 heteroatoms. The summed E-state index contributed by atoms with van der Waals surface area (Å²) in [4.78, 5) is 28.8. The van der Waals surface area contributed by atoms with Gasteiger partial charge in [0.05, 0.1) is 6.54 Å². The highest BCUT2D eigenvalue weighted by atomic mass is 16.5. The zero-order valence-electron chi connectivity index (χ0n) is 18.1. The summed E-state index contributed by atoms with van der Waals surface area (Å²) in [6, 6.07) is 13.7. The second kappa shape index (κ2) is 10.3. The number of rotatable bonds is 7. The molecule has 30 heavy (non-hydrogen) atoms. The predicted molar refractivity (Wildman–Crippen MR) is 119 cm³/mol. The van der Waals surface area contributed by atoms with Crippen molar-refractivity contribution in [2.75, 3.05) is 44.6 Å². The van der Waals surface area contributed by atoms with Crippen LogP contribution in [0.1, 0.15) is 23.6 Å². The number of aryl methyl sites for hydroxylation is 2. The molecule has 1 aliphatic rings. The normalized spacial score (nSPS) is 14.4. The number of hydrogen-bond acceptors (Lipinski definition) is 4. The summed E-state index contributed by atoms with van der Waals surface area (Å²) >= 11 is 0. The molecule has 0 aromatic heterocycles. The highest BCUT2D eigenvalue weighted by molar-refractivity contribution is 5.93. The fourth-order valence-electron chi connectivity index (χ4n) is 3.61. The number of nitrogens with one attached hydrogen (secondary N) is 1. The monoisotopic (exact) mass is 409 g/mol. The number of anilines is 1. The fourth-order valence-corrected chi connectivity index (χ4v) is 3.61. The summed E-state index contributed by atoms with van der Waals surface area (Å²) in [6.07, 6.45) is 0.876. The van der Waals surface area contributed by atoms with Gasteiger partial charge in [0, 0.05) is 31.9 Å². The smallest absolute Gasteiger partial charge is 0.260 e. The first kappa shape index (κ1) is 21.8. The van der Waals surface area contributed by atoms with Crippen molar-refractivity contribution in [3.8, 4) is 5.75 Å². The maximum atomic E-state index is 12.5. The Kier molecular flexibility index (Phi) is 7.46. The third-order valence-corrected chi connectivity index (χ3v) is 5.67. The summed E-state index contributed by atoms with van der Waals surface area (Å²) in [7, 11) is 0. The second-order valence-electron chi connectivity index (χ2n) is 7.70. The molecule has 0 bridgehead atoms. The number of ether oxygens (including phenoxy) is 1. The molecule has 0 spiro atoms. The minimum atomic E-state index is -0.0195. The highest BCUT2D eigenvalue weighted by Crippen LogP contribution is 2.20. The Morgan fingerprint density at radius 2 is 1.73 bits per heavy atom. The Hall–Kier alpha value is -2.86. The lowest BCUT2D eigenvalue weighted by molar-refractivity contribution is -0.135. The molecule has 0 aliphatic carbocycles. The quantitative estimate of drug-likeness (QED) is 0.764. The van der Waals surface area contributed by atoms with Gasteiger partial charge < -0.3 is 15.0 Å². The van der Waals surface area contributed by atoms with E-state index in [-0.39, 0.29) is 18.4 Å². The van der Waals surface area contributed by atoms with Gasteiger partial charge in [-0.1, -0.05) is 37.3 Å². The van der Waals surface area contributed by atoms with E-state index in [9.17, 15) is 9.59 Å². The lowest BCUT2D eigenvalue weighted by atomic mass is 10.1. The van der Waals surface area contributed by atoms with Crippen LogP contribution in [0.25, 0.3) is 0 Å². The van der Waals surface area contributed by atoms with Gasteiger partial charge in [-0.15, -0.1) is 0 Å². The maximum Gasteiger partial charge on any atom is 0.260 e. The van der Waals surface area contributed by atoms with Crippen LogP contribution in [0.15, 0.2) is 42.5 Å². The molecule has 0 radical (unpaired) electrons. The maximum absolute atomic E-state index is 12.5. The van der Waals surface area contributed by atoms with E-state index in [1.165, 1.54) is 0 Å². The molecule has 0 unspecified atom stereocenters. The van der Waals surface area contributed by atoms with Crippen LogP contribution in [-0.2, 0) is 16.0 Å². The Balaban J connectivity index is 1.43. The number of benzene rings is 2. The Morgan fingerprint density at radius 3 is 2.47 bits per heavy atom. The van der Waals surface area contributed by atoms with Crippen molar-refractivity contribution in [2.45, 2.75) is 27.2 Å². The van der Waals surface area contributed by atoms with E-state index < -0.39 is 0 Å². The SMILES string of the molecule is CCc1ccccc1NC(=O)CN1CCN(C(=O)COc2cccc(C)c2C)CC1. The minimum Gasteiger partial charge on any atom is -0.483 e. The van der Waals surface area contributed by atoms with Crippen LogP contribution in [0.2, 0.25) is 0 Å². The van der Waals surface area contributed by atoms with E-state index >= 15 is 0 Å². The summed E-state index contributed by atoms with van der Waals surface area (Å²) < 4.78 is 5.74. The van der Waals surface area contributed by atoms with Crippen molar-refractivity contribution in [3.63, 3.8) is 0 Å². The topological polar surface area (TPSA) is 61.9 Å². The molecule has 0 saturated carbocycles. The van der Waals surface area contributed by atoms with Crippen LogP contribution in [0.3, 0.4) is 0 Å². The van der Waals surface area contributed by atoms with Gasteiger partial charge in [-0.3, -0.25) is 14.5 Å². The van der Waals surface area contributed by atoms with Crippen LogP contribution in [-0.4, -0.2) is 60.9 Å². The largest absolute Gasteiger partial charge is 0.483 e. The second-order valence-corrected chi connectivity index (χ2v) is 7.70. The molecule has 1 heterocycles. The fraction of sp³-hybridized carbons (Fsp3) is 0.417. The van der Waals surface area contributed by atoms with Crippen LogP contribution >= 0.6 is 0 Å². The van der Waals surface area contributed by atoms with Gasteiger partial charge in [-0.2, -0.15) is 0 Å². The first-order chi connectivity index (χ1) is 14.5. The first-order valence-corrected chi connectivity index (χ1v) is 10.5. The van der Waals surface area contributed by atoms with Crippen molar-refractivity contribution in [1.29, 1.82) is 0 Å². The first-order valence-electron chi connectivity index (χ1n) is 10.5. The average molecular weight is 410 g/mol. The highest BCUT2D eigenvalue weighted by Gasteiger charge is 2.23. The van der Waals surface area contributed by atoms with Gasteiger partial charge in [0.1, 0.15) is 5.75 Å². The number of para-hydroxylation sites is 1. The van der Waals surface area contributed by atoms with E-state index in [1.54, 1.807) is 0 Å². The van der Waals surface area contributed by atoms with Crippen molar-refractivity contribution in [1.82, 2.24) is 9.80 Å². The molecular weight excluding hydrogens is 378 g/mol. The van der Waals surface area contributed by atoms with Gasteiger partial charge in [0.15, 0.2) is 6.61 Å². The number of hydrogen-bond donors (Lipinski definition) is 1. The zero-order valence-corrected chi connectivity index (χ0v) is 18.1. The molecule has 2 aromatic rings. The van der Waals surface area contributed by atoms with Gasteiger partial charge in [-0.05, 0) is 49.1 Å². The molecule has 2 aromatic carbocycles. The predicted octanol–water partition coefficient (Wildman–Crippen LogP) is 3.03. The van der Waals surface area contributed by atoms with Crippen LogP contribution in [0.5, 0.6) is 5.75 Å². The van der Waals surface area contributed by atoms with E-state index in [0.717, 1.165) is 34.5 Å². The molecular formula is C24H31N3O3. The van der Waals surface area contributed by atoms with Crippen LogP contribution < -0.4 is 10.1 Å². The molecule has 2 amide bonds. The molecule has 1 N–H and O–H groups in total. The van der Waals surface area contributed by atoms with Gasteiger partial charge in [0.25, 0.3) is 5.91 Å². The molecule has 1 saturated heterocycles. The summed E-state index contributed by atoms with van der Waals surface area (Å²) in [5.74, 6) is 0.719. The summed E-state index contributed by atoms with van der Waals surface area (Å²) in [6.45, 7) is 9.04. The molecule has 3 rings (SSSR count). The zero-order chi connectivity index (χ0) is 21.5. The van der Waals surface area contributed by atoms with Crippen LogP contribution in [0, 0.1) is 13.8 Å². The molecule has 160 valence electrons. The molecule has 0 atom stereocenters. The standard InChI is InChI=1S/C24H31N3O3/c1-4-20-9-5-6-10-21(20)25-23(28)16-26-12-14-27(15-13-26)24(29)17-30-22-11-7-8-18(2)19(22)3/h5-11H,4,12-17H2,1-3H3,(H,25,28). The average Bonchev–Trinajstić information content (AvgIpc) is 2.75. The Bertz CT molecular complexity index is 889. The number of amides is 2. The number of piperazine rings is 1. The van der Waals surface area contributed by atoms with Gasteiger partial charge >= 0.3 is 0 Å². The Morgan fingerprint density at radius 1 is 1.00 bits per heavy atom. The van der Waals surface area contributed by atoms with Crippen molar-refractivity contribution >= 4 is 17.5 Å². The lowest BCUT2D eigenvalue weighted by Crippen LogP contribution is -2.51. The molecule has 1 aliphatic heterocycles. The summed E-state index contributed by atoms with van der Waals surface area (Å²) in [5, 5.41) is 3.01. The number of carbonyl (C=O) groups is 2. The van der Waals surface area contributed by atoms with Crippen LogP contribution in [0.4, 0.5) is 5.69 Å². The molecule has 1 fully saturated rings. The third-order valence-electron chi connectivity index (χ3n) is 5.67. The van der Waals surface area contributed by atoms with Gasteiger partial charge in [-0.25, -0.2) is 0 Å². The van der Waals surface area contributed by atoms with E-state index in [1.807, 2.05) is 61.2 Å². The molecule has 6 nitrogen and oxygen atoms in total.